The van der Waals surface area contributed by atoms with Crippen LogP contribution in [-0.4, -0.2) is 11.9 Å². The molecular weight excluding hydrogens is 356 g/mol. The molecule has 104 valence electrons. The normalized spacial score (nSPS) is 27.1. The number of carbonyl (C=O) groups excluding carboxylic acids is 1. The zero-order chi connectivity index (χ0) is 14.0. The molecule has 0 spiro atoms. The molecule has 1 aliphatic rings. The van der Waals surface area contributed by atoms with Gasteiger partial charge in [0.25, 0.3) is 5.91 Å². The van der Waals surface area contributed by atoms with Crippen molar-refractivity contribution in [3.05, 3.63) is 33.1 Å². The van der Waals surface area contributed by atoms with Crippen LogP contribution in [0.2, 0.25) is 0 Å². The summed E-state index contributed by atoms with van der Waals surface area (Å²) in [6, 6.07) is 4.52. The molecule has 1 aromatic rings. The summed E-state index contributed by atoms with van der Waals surface area (Å²) >= 11 is 2.00. The first-order valence-corrected chi connectivity index (χ1v) is 7.83. The Hall–Kier alpha value is -0.650. The second-order valence-electron chi connectivity index (χ2n) is 5.47. The lowest BCUT2D eigenvalue weighted by molar-refractivity contribution is 0.0890. The first-order chi connectivity index (χ1) is 8.99. The summed E-state index contributed by atoms with van der Waals surface area (Å²) in [5.41, 5.74) is 0.562. The number of carbonyl (C=O) groups is 1. The largest absolute Gasteiger partial charge is 0.349 e. The van der Waals surface area contributed by atoms with Crippen molar-refractivity contribution >= 4 is 28.5 Å². The Morgan fingerprint density at radius 3 is 2.79 bits per heavy atom. The van der Waals surface area contributed by atoms with E-state index in [1.807, 2.05) is 22.6 Å². The number of hydrogen-bond donors (Lipinski definition) is 1. The minimum atomic E-state index is -0.305. The smallest absolute Gasteiger partial charge is 0.252 e. The van der Waals surface area contributed by atoms with Crippen molar-refractivity contribution in [2.75, 3.05) is 0 Å². The van der Waals surface area contributed by atoms with Crippen molar-refractivity contribution in [2.24, 2.45) is 11.8 Å². The molecule has 0 heterocycles. The zero-order valence-corrected chi connectivity index (χ0v) is 13.4. The third-order valence-corrected chi connectivity index (χ3v) is 5.09. The van der Waals surface area contributed by atoms with Gasteiger partial charge in [0.2, 0.25) is 0 Å². The third-order valence-electron chi connectivity index (χ3n) is 4.20. The number of halogens is 2. The van der Waals surface area contributed by atoms with Gasteiger partial charge in [-0.15, -0.1) is 0 Å². The van der Waals surface area contributed by atoms with Crippen molar-refractivity contribution in [1.29, 1.82) is 0 Å². The van der Waals surface area contributed by atoms with E-state index in [-0.39, 0.29) is 17.8 Å². The Labute approximate surface area is 127 Å². The molecule has 1 aliphatic carbocycles. The summed E-state index contributed by atoms with van der Waals surface area (Å²) in [5, 5.41) is 3.11. The topological polar surface area (TPSA) is 29.1 Å². The van der Waals surface area contributed by atoms with Gasteiger partial charge in [0.1, 0.15) is 5.82 Å². The summed E-state index contributed by atoms with van der Waals surface area (Å²) in [7, 11) is 0. The van der Waals surface area contributed by atoms with E-state index in [9.17, 15) is 9.18 Å². The van der Waals surface area contributed by atoms with Crippen molar-refractivity contribution < 1.29 is 9.18 Å². The Bertz CT molecular complexity index is 477. The molecule has 2 nitrogen and oxygen atoms in total. The molecule has 4 heteroatoms. The number of benzene rings is 1. The minimum absolute atomic E-state index is 0.0876. The van der Waals surface area contributed by atoms with Crippen molar-refractivity contribution in [3.63, 3.8) is 0 Å². The molecule has 1 N–H and O–H groups in total. The summed E-state index contributed by atoms with van der Waals surface area (Å²) in [6.45, 7) is 4.44. The number of amides is 1. The fourth-order valence-electron chi connectivity index (χ4n) is 2.71. The standard InChI is InChI=1S/C15H19FINO/c1-9-4-3-5-14(10(9)2)18-15(19)12-7-6-11(16)8-13(12)17/h6-10,14H,3-5H2,1-2H3,(H,18,19). The molecule has 3 atom stereocenters. The van der Waals surface area contributed by atoms with Crippen LogP contribution >= 0.6 is 22.6 Å². The van der Waals surface area contributed by atoms with Gasteiger partial charge in [-0.1, -0.05) is 26.7 Å². The summed E-state index contributed by atoms with van der Waals surface area (Å²) in [6.07, 6.45) is 3.44. The van der Waals surface area contributed by atoms with Gasteiger partial charge in [0.05, 0.1) is 5.56 Å². The number of hydrogen-bond acceptors (Lipinski definition) is 1. The lowest BCUT2D eigenvalue weighted by Gasteiger charge is -2.34. The molecule has 1 amide bonds. The highest BCUT2D eigenvalue weighted by Crippen LogP contribution is 2.29. The van der Waals surface area contributed by atoms with Gasteiger partial charge < -0.3 is 5.32 Å². The average Bonchev–Trinajstić information content (AvgIpc) is 2.34. The minimum Gasteiger partial charge on any atom is -0.349 e. The van der Waals surface area contributed by atoms with Gasteiger partial charge in [-0.05, 0) is 59.0 Å². The van der Waals surface area contributed by atoms with Gasteiger partial charge in [-0.25, -0.2) is 4.39 Å². The monoisotopic (exact) mass is 375 g/mol. The number of rotatable bonds is 2. The summed E-state index contributed by atoms with van der Waals surface area (Å²) in [5.74, 6) is 0.748. The van der Waals surface area contributed by atoms with E-state index in [2.05, 4.69) is 19.2 Å². The lowest BCUT2D eigenvalue weighted by atomic mass is 9.78. The van der Waals surface area contributed by atoms with Crippen LogP contribution in [0.4, 0.5) is 4.39 Å². The van der Waals surface area contributed by atoms with Crippen molar-refractivity contribution in [1.82, 2.24) is 5.32 Å². The highest BCUT2D eigenvalue weighted by Gasteiger charge is 2.28. The molecule has 0 bridgehead atoms. The Kier molecular flexibility index (Phi) is 4.81. The van der Waals surface area contributed by atoms with Gasteiger partial charge in [-0.2, -0.15) is 0 Å². The van der Waals surface area contributed by atoms with Gasteiger partial charge in [-0.3, -0.25) is 4.79 Å². The Morgan fingerprint density at radius 1 is 1.37 bits per heavy atom. The highest BCUT2D eigenvalue weighted by atomic mass is 127. The van der Waals surface area contributed by atoms with Crippen molar-refractivity contribution in [3.8, 4) is 0 Å². The average molecular weight is 375 g/mol. The Balaban J connectivity index is 2.08. The van der Waals surface area contributed by atoms with Gasteiger partial charge in [0.15, 0.2) is 0 Å². The molecule has 0 radical (unpaired) electrons. The van der Waals surface area contributed by atoms with E-state index in [1.54, 1.807) is 6.07 Å². The molecule has 1 aromatic carbocycles. The van der Waals surface area contributed by atoms with Crippen molar-refractivity contribution in [2.45, 2.75) is 39.2 Å². The van der Waals surface area contributed by atoms with Gasteiger partial charge >= 0.3 is 0 Å². The molecule has 1 fully saturated rings. The first kappa shape index (κ1) is 14.8. The predicted molar refractivity (Wildman–Crippen MR) is 82.6 cm³/mol. The molecule has 19 heavy (non-hydrogen) atoms. The van der Waals surface area contributed by atoms with E-state index in [4.69, 9.17) is 0 Å². The highest BCUT2D eigenvalue weighted by molar-refractivity contribution is 14.1. The maximum Gasteiger partial charge on any atom is 0.252 e. The van der Waals surface area contributed by atoms with E-state index in [0.717, 1.165) is 12.8 Å². The van der Waals surface area contributed by atoms with E-state index >= 15 is 0 Å². The van der Waals surface area contributed by atoms with Crippen LogP contribution in [0.1, 0.15) is 43.5 Å². The maximum absolute atomic E-state index is 13.0. The SMILES string of the molecule is CC1CCCC(NC(=O)c2ccc(F)cc2I)C1C. The molecule has 3 unspecified atom stereocenters. The number of nitrogens with one attached hydrogen (secondary N) is 1. The van der Waals surface area contributed by atoms with E-state index in [1.165, 1.54) is 18.6 Å². The van der Waals surface area contributed by atoms with Crippen LogP contribution in [0.25, 0.3) is 0 Å². The zero-order valence-electron chi connectivity index (χ0n) is 11.2. The molecule has 0 aliphatic heterocycles. The summed E-state index contributed by atoms with van der Waals surface area (Å²) < 4.78 is 13.7. The predicted octanol–water partition coefficient (Wildman–Crippen LogP) is 3.98. The van der Waals surface area contributed by atoms with Crippen LogP contribution in [-0.2, 0) is 0 Å². The first-order valence-electron chi connectivity index (χ1n) is 6.75. The van der Waals surface area contributed by atoms with Crippen LogP contribution in [0.5, 0.6) is 0 Å². The lowest BCUT2D eigenvalue weighted by Crippen LogP contribution is -2.43. The van der Waals surface area contributed by atoms with E-state index < -0.39 is 0 Å². The maximum atomic E-state index is 13.0. The second kappa shape index (κ2) is 6.20. The fourth-order valence-corrected chi connectivity index (χ4v) is 3.43. The molecule has 1 saturated carbocycles. The van der Waals surface area contributed by atoms with E-state index in [0.29, 0.717) is 21.0 Å². The second-order valence-corrected chi connectivity index (χ2v) is 6.63. The molecular formula is C15H19FINO. The van der Waals surface area contributed by atoms with Crippen LogP contribution in [0, 0.1) is 21.2 Å². The fraction of sp³-hybridized carbons (Fsp3) is 0.533. The molecule has 0 aromatic heterocycles. The molecule has 0 saturated heterocycles. The molecule has 2 rings (SSSR count). The summed E-state index contributed by atoms with van der Waals surface area (Å²) in [4.78, 5) is 12.3. The van der Waals surface area contributed by atoms with Crippen LogP contribution < -0.4 is 5.32 Å². The van der Waals surface area contributed by atoms with Crippen LogP contribution in [0.15, 0.2) is 18.2 Å². The third kappa shape index (κ3) is 3.46. The quantitative estimate of drug-likeness (QED) is 0.779. The van der Waals surface area contributed by atoms with Gasteiger partial charge in [0, 0.05) is 9.61 Å². The Morgan fingerprint density at radius 2 is 2.11 bits per heavy atom. The van der Waals surface area contributed by atoms with Crippen LogP contribution in [0.3, 0.4) is 0 Å².